The zero-order chi connectivity index (χ0) is 24.0. The molecule has 3 aromatic heterocycles. The Hall–Kier alpha value is -2.98. The first kappa shape index (κ1) is 22.8. The number of thiazole rings is 1. The number of H-pyrrole nitrogens is 1. The number of hydrogen-bond acceptors (Lipinski definition) is 8. The highest BCUT2D eigenvalue weighted by atomic mass is 32.1. The lowest BCUT2D eigenvalue weighted by atomic mass is 9.86. The highest BCUT2D eigenvalue weighted by Gasteiger charge is 2.32. The molecule has 8 nitrogen and oxygen atoms in total. The van der Waals surface area contributed by atoms with Crippen molar-refractivity contribution < 1.29 is 9.53 Å². The lowest BCUT2D eigenvalue weighted by molar-refractivity contribution is -0.137. The molecule has 0 saturated heterocycles. The normalized spacial score (nSPS) is 15.6. The second-order valence-corrected chi connectivity index (χ2v) is 10.9. The molecule has 2 N–H and O–H groups in total. The summed E-state index contributed by atoms with van der Waals surface area (Å²) in [5.74, 6) is 1.58. The molecular weight excluding hydrogens is 470 g/mol. The fourth-order valence-electron chi connectivity index (χ4n) is 4.80. The van der Waals surface area contributed by atoms with E-state index < -0.39 is 0 Å². The van der Waals surface area contributed by atoms with E-state index >= 15 is 0 Å². The standard InChI is InChI=1S/C24H27N5O3S2/c1-5-29(12(2)3)23(30)13-6-7-14-18(8-13)33-22-20(14)21(25-11-26-22)27-15-10-19-16(9-17(15)32-4)28-24(31)34-19/h9-13H,5-8H2,1-4H3,(H,28,31)(H,25,26,27)/t13-/m1/s1. The van der Waals surface area contributed by atoms with E-state index in [1.165, 1.54) is 10.4 Å². The maximum absolute atomic E-state index is 13.1. The fraction of sp³-hybridized carbons (Fsp3) is 0.417. The van der Waals surface area contributed by atoms with Gasteiger partial charge in [0.25, 0.3) is 0 Å². The van der Waals surface area contributed by atoms with Crippen LogP contribution in [0.3, 0.4) is 0 Å². The number of aromatic amines is 1. The van der Waals surface area contributed by atoms with Gasteiger partial charge in [-0.1, -0.05) is 11.3 Å². The zero-order valence-corrected chi connectivity index (χ0v) is 21.2. The molecule has 5 rings (SSSR count). The van der Waals surface area contributed by atoms with E-state index in [1.54, 1.807) is 24.8 Å². The van der Waals surface area contributed by atoms with E-state index in [0.29, 0.717) is 11.6 Å². The second-order valence-electron chi connectivity index (χ2n) is 8.75. The molecule has 0 spiro atoms. The minimum absolute atomic E-state index is 0.00569. The van der Waals surface area contributed by atoms with Crippen LogP contribution in [0.2, 0.25) is 0 Å². The molecular formula is C24H27N5O3S2. The zero-order valence-electron chi connectivity index (χ0n) is 19.6. The Morgan fingerprint density at radius 2 is 2.15 bits per heavy atom. The number of amides is 1. The molecule has 0 radical (unpaired) electrons. The summed E-state index contributed by atoms with van der Waals surface area (Å²) >= 11 is 2.81. The van der Waals surface area contributed by atoms with E-state index in [0.717, 1.165) is 63.3 Å². The highest BCUT2D eigenvalue weighted by Crippen LogP contribution is 2.42. The summed E-state index contributed by atoms with van der Waals surface area (Å²) in [5.41, 5.74) is 2.71. The van der Waals surface area contributed by atoms with E-state index in [2.05, 4.69) is 34.1 Å². The number of benzene rings is 1. The minimum atomic E-state index is -0.103. The van der Waals surface area contributed by atoms with Crippen LogP contribution in [0, 0.1) is 5.92 Å². The van der Waals surface area contributed by atoms with E-state index in [1.807, 2.05) is 24.0 Å². The van der Waals surface area contributed by atoms with E-state index in [4.69, 9.17) is 4.74 Å². The number of ether oxygens (including phenoxy) is 1. The molecule has 1 aromatic carbocycles. The molecule has 4 aromatic rings. The van der Waals surface area contributed by atoms with Crippen LogP contribution in [0.15, 0.2) is 23.3 Å². The number of methoxy groups -OCH3 is 1. The number of fused-ring (bicyclic) bond motifs is 4. The maximum Gasteiger partial charge on any atom is 0.305 e. The molecule has 1 amide bonds. The second kappa shape index (κ2) is 8.99. The van der Waals surface area contributed by atoms with Crippen LogP contribution in [0.25, 0.3) is 20.4 Å². The summed E-state index contributed by atoms with van der Waals surface area (Å²) in [6, 6.07) is 3.93. The lowest BCUT2D eigenvalue weighted by Gasteiger charge is -2.31. The molecule has 0 fully saturated rings. The van der Waals surface area contributed by atoms with Crippen LogP contribution in [-0.2, 0) is 17.6 Å². The number of anilines is 2. The Morgan fingerprint density at radius 3 is 2.88 bits per heavy atom. The maximum atomic E-state index is 13.1. The van der Waals surface area contributed by atoms with Crippen molar-refractivity contribution in [2.75, 3.05) is 19.0 Å². The van der Waals surface area contributed by atoms with Gasteiger partial charge in [-0.2, -0.15) is 0 Å². The average molecular weight is 498 g/mol. The monoisotopic (exact) mass is 497 g/mol. The van der Waals surface area contributed by atoms with Gasteiger partial charge in [0.15, 0.2) is 0 Å². The van der Waals surface area contributed by atoms with Crippen molar-refractivity contribution >= 4 is 60.5 Å². The Balaban J connectivity index is 1.50. The van der Waals surface area contributed by atoms with Crippen molar-refractivity contribution in [1.29, 1.82) is 0 Å². The van der Waals surface area contributed by atoms with Crippen molar-refractivity contribution in [3.05, 3.63) is 38.6 Å². The molecule has 0 bridgehead atoms. The van der Waals surface area contributed by atoms with Gasteiger partial charge < -0.3 is 19.9 Å². The van der Waals surface area contributed by atoms with Crippen molar-refractivity contribution in [3.8, 4) is 5.75 Å². The third-order valence-corrected chi connectivity index (χ3v) is 8.44. The van der Waals surface area contributed by atoms with Crippen LogP contribution in [0.1, 0.15) is 37.6 Å². The molecule has 1 aliphatic carbocycles. The highest BCUT2D eigenvalue weighted by molar-refractivity contribution is 7.19. The van der Waals surface area contributed by atoms with Crippen LogP contribution in [0.5, 0.6) is 5.75 Å². The van der Waals surface area contributed by atoms with Crippen LogP contribution >= 0.6 is 22.7 Å². The number of carbonyl (C=O) groups excluding carboxylic acids is 1. The first-order valence-electron chi connectivity index (χ1n) is 11.4. The van der Waals surface area contributed by atoms with Gasteiger partial charge in [-0.05, 0) is 51.7 Å². The van der Waals surface area contributed by atoms with Crippen LogP contribution in [0.4, 0.5) is 11.5 Å². The van der Waals surface area contributed by atoms with E-state index in [9.17, 15) is 9.59 Å². The Labute approximate surface area is 205 Å². The topological polar surface area (TPSA) is 100 Å². The minimum Gasteiger partial charge on any atom is -0.494 e. The first-order chi connectivity index (χ1) is 16.4. The van der Waals surface area contributed by atoms with Crippen molar-refractivity contribution in [2.45, 2.75) is 46.1 Å². The number of nitrogens with one attached hydrogen (secondary N) is 2. The summed E-state index contributed by atoms with van der Waals surface area (Å²) < 4.78 is 6.42. The van der Waals surface area contributed by atoms with Gasteiger partial charge >= 0.3 is 4.87 Å². The van der Waals surface area contributed by atoms with Crippen molar-refractivity contribution in [1.82, 2.24) is 19.9 Å². The summed E-state index contributed by atoms with van der Waals surface area (Å²) in [4.78, 5) is 40.8. The molecule has 34 heavy (non-hydrogen) atoms. The lowest BCUT2D eigenvalue weighted by Crippen LogP contribution is -2.42. The Bertz CT molecular complexity index is 1440. The Morgan fingerprint density at radius 1 is 1.32 bits per heavy atom. The largest absolute Gasteiger partial charge is 0.494 e. The molecule has 1 aliphatic rings. The summed E-state index contributed by atoms with van der Waals surface area (Å²) in [7, 11) is 1.60. The molecule has 1 atom stereocenters. The smallest absolute Gasteiger partial charge is 0.305 e. The number of rotatable bonds is 6. The quantitative estimate of drug-likeness (QED) is 0.400. The van der Waals surface area contributed by atoms with Crippen molar-refractivity contribution in [3.63, 3.8) is 0 Å². The van der Waals surface area contributed by atoms with Gasteiger partial charge in [-0.15, -0.1) is 11.3 Å². The van der Waals surface area contributed by atoms with Crippen molar-refractivity contribution in [2.24, 2.45) is 5.92 Å². The number of thiophene rings is 1. The van der Waals surface area contributed by atoms with E-state index in [-0.39, 0.29) is 22.7 Å². The first-order valence-corrected chi connectivity index (χ1v) is 13.1. The van der Waals surface area contributed by atoms with Gasteiger partial charge in [-0.25, -0.2) is 9.97 Å². The van der Waals surface area contributed by atoms with Gasteiger partial charge in [0.2, 0.25) is 5.91 Å². The molecule has 0 unspecified atom stereocenters. The van der Waals surface area contributed by atoms with Gasteiger partial charge in [0, 0.05) is 29.4 Å². The number of hydrogen-bond donors (Lipinski definition) is 2. The fourth-order valence-corrected chi connectivity index (χ4v) is 6.82. The number of carbonyl (C=O) groups is 1. The number of aryl methyl sites for hydroxylation is 1. The third-order valence-electron chi connectivity index (χ3n) is 6.44. The Kier molecular flexibility index (Phi) is 6.03. The summed E-state index contributed by atoms with van der Waals surface area (Å²) in [6.07, 6.45) is 3.94. The molecule has 178 valence electrons. The molecule has 10 heteroatoms. The summed E-state index contributed by atoms with van der Waals surface area (Å²) in [5, 5.41) is 4.43. The molecule has 0 saturated carbocycles. The summed E-state index contributed by atoms with van der Waals surface area (Å²) in [6.45, 7) is 6.91. The molecule has 0 aliphatic heterocycles. The van der Waals surface area contributed by atoms with Crippen LogP contribution in [-0.4, -0.2) is 45.5 Å². The van der Waals surface area contributed by atoms with Gasteiger partial charge in [0.05, 0.1) is 28.4 Å². The average Bonchev–Trinajstić information content (AvgIpc) is 3.37. The number of nitrogens with zero attached hydrogens (tertiary/aromatic N) is 3. The third kappa shape index (κ3) is 3.94. The predicted octanol–water partition coefficient (Wildman–Crippen LogP) is 4.71. The SMILES string of the molecule is CCN(C(=O)[C@@H]1CCc2c(sc3ncnc(Nc4cc5sc(=O)[nH]c5cc4OC)c23)C1)C(C)C. The molecule has 3 heterocycles. The van der Waals surface area contributed by atoms with Crippen LogP contribution < -0.4 is 14.9 Å². The van der Waals surface area contributed by atoms with Gasteiger partial charge in [-0.3, -0.25) is 9.59 Å². The number of aromatic nitrogens is 3. The predicted molar refractivity (Wildman–Crippen MR) is 138 cm³/mol. The van der Waals surface area contributed by atoms with Gasteiger partial charge in [0.1, 0.15) is 22.7 Å².